The molecule has 0 radical (unpaired) electrons. The van der Waals surface area contributed by atoms with Gasteiger partial charge in [-0.1, -0.05) is 13.8 Å². The molecule has 5 heteroatoms. The summed E-state index contributed by atoms with van der Waals surface area (Å²) in [5.41, 5.74) is -0.415. The number of amides is 1. The zero-order chi connectivity index (χ0) is 12.6. The van der Waals surface area contributed by atoms with Crippen molar-refractivity contribution in [2.45, 2.75) is 20.3 Å². The molecule has 5 nitrogen and oxygen atoms in total. The molecule has 1 unspecified atom stereocenters. The molecule has 0 bridgehead atoms. The molecule has 1 saturated heterocycles. The van der Waals surface area contributed by atoms with Gasteiger partial charge in [-0.15, -0.1) is 0 Å². The molecule has 0 spiro atoms. The molecule has 1 aliphatic carbocycles. The van der Waals surface area contributed by atoms with Gasteiger partial charge in [0.2, 0.25) is 5.91 Å². The van der Waals surface area contributed by atoms with E-state index in [1.165, 1.54) is 0 Å². The molecule has 2 rings (SSSR count). The standard InChI is InChI=1S/C12H19NO4/c1-12(2)8(9(12)11(15)16)10(14)13-5-7-3-4-17-6-7/h7-9H,3-6H2,1-2H3,(H,13,14)(H,15,16)/t7?,8-,9+/m1/s1. The van der Waals surface area contributed by atoms with E-state index in [1.807, 2.05) is 13.8 Å². The average molecular weight is 241 g/mol. The summed E-state index contributed by atoms with van der Waals surface area (Å²) in [5.74, 6) is -1.55. The van der Waals surface area contributed by atoms with Crippen molar-refractivity contribution in [1.29, 1.82) is 0 Å². The predicted molar refractivity (Wildman–Crippen MR) is 60.3 cm³/mol. The molecule has 3 atom stereocenters. The maximum Gasteiger partial charge on any atom is 0.307 e. The van der Waals surface area contributed by atoms with Gasteiger partial charge >= 0.3 is 5.97 Å². The number of carboxylic acid groups (broad SMARTS) is 1. The molecule has 17 heavy (non-hydrogen) atoms. The Hall–Kier alpha value is -1.10. The zero-order valence-corrected chi connectivity index (χ0v) is 10.2. The van der Waals surface area contributed by atoms with Crippen molar-refractivity contribution in [1.82, 2.24) is 5.32 Å². The van der Waals surface area contributed by atoms with Crippen molar-refractivity contribution in [3.05, 3.63) is 0 Å². The Balaban J connectivity index is 1.82. The molecule has 0 aromatic rings. The van der Waals surface area contributed by atoms with Gasteiger partial charge in [0.1, 0.15) is 0 Å². The van der Waals surface area contributed by atoms with E-state index < -0.39 is 17.3 Å². The fourth-order valence-corrected chi connectivity index (χ4v) is 2.69. The van der Waals surface area contributed by atoms with E-state index in [-0.39, 0.29) is 11.8 Å². The molecule has 2 N–H and O–H groups in total. The number of ether oxygens (including phenoxy) is 1. The molecule has 1 heterocycles. The number of hydrogen-bond acceptors (Lipinski definition) is 3. The monoisotopic (exact) mass is 241 g/mol. The van der Waals surface area contributed by atoms with Gasteiger partial charge in [0.25, 0.3) is 0 Å². The Morgan fingerprint density at radius 1 is 1.41 bits per heavy atom. The first-order chi connectivity index (χ1) is 7.94. The van der Waals surface area contributed by atoms with Crippen LogP contribution < -0.4 is 5.32 Å². The van der Waals surface area contributed by atoms with Crippen LogP contribution >= 0.6 is 0 Å². The Labute approximate surface area is 101 Å². The number of hydrogen-bond donors (Lipinski definition) is 2. The van der Waals surface area contributed by atoms with Gasteiger partial charge in [0.05, 0.1) is 18.4 Å². The number of carbonyl (C=O) groups excluding carboxylic acids is 1. The van der Waals surface area contributed by atoms with E-state index in [0.717, 1.165) is 13.0 Å². The van der Waals surface area contributed by atoms with Crippen molar-refractivity contribution in [2.24, 2.45) is 23.2 Å². The lowest BCUT2D eigenvalue weighted by molar-refractivity contribution is -0.140. The molecular formula is C12H19NO4. The Bertz CT molecular complexity index is 333. The molecule has 1 amide bonds. The maximum absolute atomic E-state index is 11.9. The van der Waals surface area contributed by atoms with E-state index in [2.05, 4.69) is 5.32 Å². The van der Waals surface area contributed by atoms with E-state index in [4.69, 9.17) is 9.84 Å². The molecule has 96 valence electrons. The third-order valence-corrected chi connectivity index (χ3v) is 3.96. The Morgan fingerprint density at radius 2 is 2.12 bits per heavy atom. The zero-order valence-electron chi connectivity index (χ0n) is 10.2. The van der Waals surface area contributed by atoms with Crippen molar-refractivity contribution in [3.8, 4) is 0 Å². The van der Waals surface area contributed by atoms with Crippen LogP contribution in [-0.4, -0.2) is 36.7 Å². The number of carboxylic acids is 1. The number of rotatable bonds is 4. The molecule has 2 fully saturated rings. The highest BCUT2D eigenvalue weighted by atomic mass is 16.5. The predicted octanol–water partition coefficient (Wildman–Crippen LogP) is 0.496. The minimum Gasteiger partial charge on any atom is -0.481 e. The summed E-state index contributed by atoms with van der Waals surface area (Å²) in [6, 6.07) is 0. The van der Waals surface area contributed by atoms with Gasteiger partial charge in [-0.2, -0.15) is 0 Å². The topological polar surface area (TPSA) is 75.6 Å². The first-order valence-electron chi connectivity index (χ1n) is 6.03. The van der Waals surface area contributed by atoms with E-state index in [9.17, 15) is 9.59 Å². The van der Waals surface area contributed by atoms with Crippen LogP contribution in [0.5, 0.6) is 0 Å². The highest BCUT2D eigenvalue weighted by molar-refractivity contribution is 5.91. The summed E-state index contributed by atoms with van der Waals surface area (Å²) >= 11 is 0. The van der Waals surface area contributed by atoms with Crippen LogP contribution in [0.2, 0.25) is 0 Å². The second-order valence-electron chi connectivity index (χ2n) is 5.59. The molecule has 1 saturated carbocycles. The van der Waals surface area contributed by atoms with Gasteiger partial charge in [-0.25, -0.2) is 0 Å². The fraction of sp³-hybridized carbons (Fsp3) is 0.833. The van der Waals surface area contributed by atoms with Gasteiger partial charge in [-0.05, 0) is 11.8 Å². The van der Waals surface area contributed by atoms with Crippen LogP contribution in [-0.2, 0) is 14.3 Å². The van der Waals surface area contributed by atoms with Crippen LogP contribution in [0.25, 0.3) is 0 Å². The summed E-state index contributed by atoms with van der Waals surface area (Å²) in [6.07, 6.45) is 0.969. The third kappa shape index (κ3) is 2.29. The van der Waals surface area contributed by atoms with Crippen LogP contribution in [0.15, 0.2) is 0 Å². The van der Waals surface area contributed by atoms with Crippen LogP contribution in [0.3, 0.4) is 0 Å². The third-order valence-electron chi connectivity index (χ3n) is 3.96. The smallest absolute Gasteiger partial charge is 0.307 e. The first-order valence-corrected chi connectivity index (χ1v) is 6.03. The van der Waals surface area contributed by atoms with Gasteiger partial charge in [0.15, 0.2) is 0 Å². The second kappa shape index (κ2) is 4.29. The summed E-state index contributed by atoms with van der Waals surface area (Å²) in [6.45, 7) is 5.70. The highest BCUT2D eigenvalue weighted by Gasteiger charge is 2.65. The lowest BCUT2D eigenvalue weighted by Crippen LogP contribution is -2.32. The summed E-state index contributed by atoms with van der Waals surface area (Å²) < 4.78 is 5.22. The van der Waals surface area contributed by atoms with E-state index in [1.54, 1.807) is 0 Å². The van der Waals surface area contributed by atoms with Crippen LogP contribution in [0, 0.1) is 23.2 Å². The van der Waals surface area contributed by atoms with Gasteiger partial charge in [0, 0.05) is 19.1 Å². The largest absolute Gasteiger partial charge is 0.481 e. The lowest BCUT2D eigenvalue weighted by Gasteiger charge is -2.09. The summed E-state index contributed by atoms with van der Waals surface area (Å²) in [4.78, 5) is 22.8. The van der Waals surface area contributed by atoms with E-state index >= 15 is 0 Å². The normalized spacial score (nSPS) is 34.4. The molecular weight excluding hydrogens is 222 g/mol. The average Bonchev–Trinajstić information content (AvgIpc) is 2.65. The fourth-order valence-electron chi connectivity index (χ4n) is 2.69. The first kappa shape index (κ1) is 12.4. The quantitative estimate of drug-likeness (QED) is 0.751. The lowest BCUT2D eigenvalue weighted by atomic mass is 10.1. The summed E-state index contributed by atoms with van der Waals surface area (Å²) in [7, 11) is 0. The minimum atomic E-state index is -0.876. The summed E-state index contributed by atoms with van der Waals surface area (Å²) in [5, 5.41) is 11.8. The maximum atomic E-state index is 11.9. The Morgan fingerprint density at radius 3 is 2.59 bits per heavy atom. The SMILES string of the molecule is CC1(C)[C@H](C(=O)O)[C@@H]1C(=O)NCC1CCOC1. The number of carbonyl (C=O) groups is 2. The van der Waals surface area contributed by atoms with Crippen molar-refractivity contribution < 1.29 is 19.4 Å². The molecule has 1 aliphatic heterocycles. The highest BCUT2D eigenvalue weighted by Crippen LogP contribution is 2.58. The van der Waals surface area contributed by atoms with Crippen LogP contribution in [0.4, 0.5) is 0 Å². The van der Waals surface area contributed by atoms with Crippen molar-refractivity contribution in [2.75, 3.05) is 19.8 Å². The molecule has 2 aliphatic rings. The van der Waals surface area contributed by atoms with E-state index in [0.29, 0.717) is 19.1 Å². The van der Waals surface area contributed by atoms with Crippen molar-refractivity contribution in [3.63, 3.8) is 0 Å². The molecule has 0 aromatic carbocycles. The van der Waals surface area contributed by atoms with Gasteiger partial charge in [-0.3, -0.25) is 9.59 Å². The van der Waals surface area contributed by atoms with Gasteiger partial charge < -0.3 is 15.2 Å². The minimum absolute atomic E-state index is 0.130. The Kier molecular flexibility index (Phi) is 3.12. The number of nitrogens with one attached hydrogen (secondary N) is 1. The van der Waals surface area contributed by atoms with Crippen LogP contribution in [0.1, 0.15) is 20.3 Å². The molecule has 0 aromatic heterocycles. The second-order valence-corrected chi connectivity index (χ2v) is 5.59. The number of aliphatic carboxylic acids is 1. The van der Waals surface area contributed by atoms with Crippen molar-refractivity contribution >= 4 is 11.9 Å².